The number of imidazole rings is 1. The molecule has 20 heavy (non-hydrogen) atoms. The van der Waals surface area contributed by atoms with Crippen LogP contribution < -0.4 is 11.2 Å². The molecular formula is C13H18N4O3. The number of ketones is 1. The van der Waals surface area contributed by atoms with Gasteiger partial charge in [0.05, 0.1) is 6.33 Å². The van der Waals surface area contributed by atoms with E-state index in [-0.39, 0.29) is 23.5 Å². The van der Waals surface area contributed by atoms with Crippen LogP contribution in [0.5, 0.6) is 0 Å². The fraction of sp³-hybridized carbons (Fsp3) is 0.538. The van der Waals surface area contributed by atoms with E-state index in [4.69, 9.17) is 4.11 Å². The molecule has 7 heteroatoms. The van der Waals surface area contributed by atoms with Gasteiger partial charge in [0.25, 0.3) is 5.56 Å². The first-order valence-corrected chi connectivity index (χ1v) is 6.31. The molecule has 0 N–H and O–H groups in total. The van der Waals surface area contributed by atoms with Crippen LogP contribution in [0.1, 0.15) is 30.3 Å². The van der Waals surface area contributed by atoms with Crippen LogP contribution in [0.3, 0.4) is 0 Å². The first-order valence-electron chi connectivity index (χ1n) is 7.81. The molecule has 0 bridgehead atoms. The predicted octanol–water partition coefficient (Wildman–Crippen LogP) is 0.193. The number of carbonyl (C=O) groups excluding carboxylic acids is 1. The highest BCUT2D eigenvalue weighted by Crippen LogP contribution is 2.04. The third-order valence-corrected chi connectivity index (χ3v) is 3.16. The second kappa shape index (κ2) is 5.44. The summed E-state index contributed by atoms with van der Waals surface area (Å²) in [5.41, 5.74) is -1.58. The van der Waals surface area contributed by atoms with Crippen molar-refractivity contribution in [1.29, 1.82) is 0 Å². The summed E-state index contributed by atoms with van der Waals surface area (Å²) in [5, 5.41) is 0. The molecule has 2 rings (SSSR count). The smallest absolute Gasteiger partial charge is 0.328 e. The van der Waals surface area contributed by atoms with Crippen LogP contribution in [0.15, 0.2) is 15.9 Å². The van der Waals surface area contributed by atoms with Gasteiger partial charge in [0.15, 0.2) is 11.2 Å². The SMILES string of the molecule is [2H]C([2H])([2H])n1c(=O)n(CCCCC(C)=O)c(=O)c2c1ncn2C. The second-order valence-corrected chi connectivity index (χ2v) is 4.76. The van der Waals surface area contributed by atoms with E-state index in [0.29, 0.717) is 23.8 Å². The Balaban J connectivity index is 2.56. The maximum atomic E-state index is 12.5. The van der Waals surface area contributed by atoms with Crippen molar-refractivity contribution in [2.45, 2.75) is 32.7 Å². The van der Waals surface area contributed by atoms with Crippen molar-refractivity contribution < 1.29 is 8.91 Å². The van der Waals surface area contributed by atoms with E-state index >= 15 is 0 Å². The Morgan fingerprint density at radius 1 is 1.40 bits per heavy atom. The predicted molar refractivity (Wildman–Crippen MR) is 74.7 cm³/mol. The minimum absolute atomic E-state index is 0.0272. The molecule has 0 unspecified atom stereocenters. The number of rotatable bonds is 5. The third-order valence-electron chi connectivity index (χ3n) is 3.16. The Bertz CT molecular complexity index is 860. The third kappa shape index (κ3) is 2.43. The molecule has 7 nitrogen and oxygen atoms in total. The van der Waals surface area contributed by atoms with Gasteiger partial charge in [0, 0.05) is 31.1 Å². The standard InChI is InChI=1S/C13H18N4O3/c1-9(18)6-4-5-7-17-12(19)10-11(14-8-15(10)2)16(3)13(17)20/h8H,4-7H2,1-3H3/i3D3. The van der Waals surface area contributed by atoms with E-state index in [9.17, 15) is 14.4 Å². The molecule has 0 spiro atoms. The zero-order valence-electron chi connectivity index (χ0n) is 14.4. The highest BCUT2D eigenvalue weighted by atomic mass is 16.2. The maximum Gasteiger partial charge on any atom is 0.332 e. The molecule has 0 aromatic carbocycles. The van der Waals surface area contributed by atoms with Crippen molar-refractivity contribution in [1.82, 2.24) is 18.7 Å². The van der Waals surface area contributed by atoms with Crippen LogP contribution >= 0.6 is 0 Å². The summed E-state index contributed by atoms with van der Waals surface area (Å²) < 4.78 is 25.4. The number of nitrogens with zero attached hydrogens (tertiary/aromatic N) is 4. The van der Waals surface area contributed by atoms with Crippen molar-refractivity contribution in [2.75, 3.05) is 0 Å². The molecular weight excluding hydrogens is 260 g/mol. The van der Waals surface area contributed by atoms with Crippen LogP contribution in [0.2, 0.25) is 0 Å². The van der Waals surface area contributed by atoms with Crippen molar-refractivity contribution in [3.8, 4) is 0 Å². The normalized spacial score (nSPS) is 14.0. The number of aromatic nitrogens is 4. The average Bonchev–Trinajstić information content (AvgIpc) is 2.77. The van der Waals surface area contributed by atoms with Crippen LogP contribution in [0, 0.1) is 0 Å². The molecule has 0 saturated heterocycles. The molecule has 0 amide bonds. The van der Waals surface area contributed by atoms with Gasteiger partial charge in [-0.15, -0.1) is 0 Å². The van der Waals surface area contributed by atoms with Gasteiger partial charge in [-0.05, 0) is 19.8 Å². The fourth-order valence-corrected chi connectivity index (χ4v) is 2.10. The summed E-state index contributed by atoms with van der Waals surface area (Å²) in [6.45, 7) is -1.21. The average molecular weight is 281 g/mol. The van der Waals surface area contributed by atoms with Gasteiger partial charge < -0.3 is 9.36 Å². The number of Topliss-reactive ketones (excluding diaryl/α,β-unsaturated/α-hetero) is 1. The Labute approximate surface area is 119 Å². The number of aryl methyl sites for hydroxylation is 2. The Kier molecular flexibility index (Phi) is 2.88. The molecule has 0 radical (unpaired) electrons. The molecule has 0 atom stereocenters. The summed E-state index contributed by atoms with van der Waals surface area (Å²) >= 11 is 0. The first-order chi connectivity index (χ1) is 10.6. The molecule has 2 aromatic rings. The topological polar surface area (TPSA) is 78.9 Å². The highest BCUT2D eigenvalue weighted by Gasteiger charge is 2.14. The number of unbranched alkanes of at least 4 members (excludes halogenated alkanes) is 1. The van der Waals surface area contributed by atoms with Gasteiger partial charge in [0.1, 0.15) is 5.78 Å². The summed E-state index contributed by atoms with van der Waals surface area (Å²) in [4.78, 5) is 39.7. The molecule has 108 valence electrons. The number of hydrogen-bond donors (Lipinski definition) is 0. The van der Waals surface area contributed by atoms with Crippen molar-refractivity contribution in [2.24, 2.45) is 14.0 Å². The molecule has 0 fully saturated rings. The lowest BCUT2D eigenvalue weighted by Crippen LogP contribution is -2.39. The van der Waals surface area contributed by atoms with Crippen LogP contribution in [-0.2, 0) is 25.4 Å². The molecule has 0 aliphatic carbocycles. The van der Waals surface area contributed by atoms with Gasteiger partial charge in [-0.3, -0.25) is 13.9 Å². The fourth-order valence-electron chi connectivity index (χ4n) is 2.10. The van der Waals surface area contributed by atoms with Gasteiger partial charge >= 0.3 is 5.69 Å². The van der Waals surface area contributed by atoms with E-state index in [0.717, 1.165) is 4.57 Å². The van der Waals surface area contributed by atoms with Gasteiger partial charge in [0.2, 0.25) is 0 Å². The Hall–Kier alpha value is -2.18. The van der Waals surface area contributed by atoms with Crippen LogP contribution in [-0.4, -0.2) is 24.5 Å². The maximum absolute atomic E-state index is 12.5. The van der Waals surface area contributed by atoms with Crippen molar-refractivity contribution in [3.05, 3.63) is 27.2 Å². The number of carbonyl (C=O) groups is 1. The molecule has 0 aliphatic rings. The first kappa shape index (κ1) is 10.6. The quantitative estimate of drug-likeness (QED) is 0.733. The monoisotopic (exact) mass is 281 g/mol. The van der Waals surface area contributed by atoms with Crippen LogP contribution in [0.4, 0.5) is 0 Å². The van der Waals surface area contributed by atoms with E-state index in [1.54, 1.807) is 7.05 Å². The summed E-state index contributed by atoms with van der Waals surface area (Å²) in [7, 11) is 1.56. The zero-order chi connectivity index (χ0) is 17.4. The lowest BCUT2D eigenvalue weighted by atomic mass is 10.2. The molecule has 0 aliphatic heterocycles. The molecule has 2 heterocycles. The molecule has 0 saturated carbocycles. The van der Waals surface area contributed by atoms with Gasteiger partial charge in [-0.25, -0.2) is 9.78 Å². The van der Waals surface area contributed by atoms with Gasteiger partial charge in [-0.1, -0.05) is 0 Å². The van der Waals surface area contributed by atoms with E-state index < -0.39 is 18.2 Å². The number of hydrogen-bond acceptors (Lipinski definition) is 4. The van der Waals surface area contributed by atoms with E-state index in [1.165, 1.54) is 17.8 Å². The lowest BCUT2D eigenvalue weighted by molar-refractivity contribution is -0.117. The summed E-state index contributed by atoms with van der Waals surface area (Å²) in [6, 6.07) is 0. The minimum Gasteiger partial charge on any atom is -0.328 e. The Morgan fingerprint density at radius 3 is 2.80 bits per heavy atom. The van der Waals surface area contributed by atoms with Crippen molar-refractivity contribution >= 4 is 16.9 Å². The second-order valence-electron chi connectivity index (χ2n) is 4.76. The summed E-state index contributed by atoms with van der Waals surface area (Å²) in [6.07, 6.45) is 2.61. The van der Waals surface area contributed by atoms with E-state index in [2.05, 4.69) is 4.98 Å². The minimum atomic E-state index is -2.74. The van der Waals surface area contributed by atoms with Crippen molar-refractivity contribution in [3.63, 3.8) is 0 Å². The zero-order valence-corrected chi connectivity index (χ0v) is 11.4. The lowest BCUT2D eigenvalue weighted by Gasteiger charge is -2.08. The molecule has 2 aromatic heterocycles. The highest BCUT2D eigenvalue weighted by molar-refractivity contribution is 5.75. The number of fused-ring (bicyclic) bond motifs is 1. The van der Waals surface area contributed by atoms with E-state index in [1.807, 2.05) is 0 Å². The van der Waals surface area contributed by atoms with Gasteiger partial charge in [-0.2, -0.15) is 0 Å². The van der Waals surface area contributed by atoms with Crippen LogP contribution in [0.25, 0.3) is 11.2 Å². The largest absolute Gasteiger partial charge is 0.332 e. The summed E-state index contributed by atoms with van der Waals surface area (Å²) in [5.74, 6) is 0.0272. The Morgan fingerprint density at radius 2 is 2.15 bits per heavy atom.